The number of nitrogens with one attached hydrogen (secondary N) is 1. The minimum Gasteiger partial charge on any atom is -0.368 e. The van der Waals surface area contributed by atoms with Gasteiger partial charge in [-0.25, -0.2) is 18.2 Å². The van der Waals surface area contributed by atoms with E-state index in [-0.39, 0.29) is 23.2 Å². The number of nitrogen functional groups attached to an aromatic ring is 1. The quantitative estimate of drug-likeness (QED) is 0.293. The molecule has 2 aromatic carbocycles. The molecule has 0 saturated heterocycles. The fourth-order valence-corrected chi connectivity index (χ4v) is 4.22. The standard InChI is InChI=1S/C23H20F3N5OS/c1-12(2)31-21-14(10-28-23(27)29-21)8-16(22(31)32)15-9-17(24)20(19(26)18(15)25)30-33-11-13-6-4-3-5-7-13/h3-10,12,30H,11H2,1-2H3,(H2,27,28,29). The molecule has 0 unspecified atom stereocenters. The van der Waals surface area contributed by atoms with Crippen molar-refractivity contribution in [2.24, 2.45) is 0 Å². The second-order valence-electron chi connectivity index (χ2n) is 7.62. The number of pyridine rings is 1. The first-order valence-corrected chi connectivity index (χ1v) is 11.0. The number of rotatable bonds is 6. The van der Waals surface area contributed by atoms with Crippen molar-refractivity contribution < 1.29 is 13.2 Å². The number of aromatic nitrogens is 3. The molecule has 0 bridgehead atoms. The van der Waals surface area contributed by atoms with Gasteiger partial charge in [0.1, 0.15) is 11.3 Å². The Morgan fingerprint density at radius 1 is 1.09 bits per heavy atom. The lowest BCUT2D eigenvalue weighted by molar-refractivity contribution is 0.502. The van der Waals surface area contributed by atoms with E-state index in [9.17, 15) is 13.6 Å². The summed E-state index contributed by atoms with van der Waals surface area (Å²) in [6.45, 7) is 3.47. The van der Waals surface area contributed by atoms with Gasteiger partial charge in [-0.1, -0.05) is 30.3 Å². The SMILES string of the molecule is CC(C)n1c(=O)c(-c2cc(F)c(NSCc3ccccc3)c(F)c2F)cc2cnc(N)nc21. The number of hydrogen-bond donors (Lipinski definition) is 2. The molecule has 0 aliphatic carbocycles. The highest BCUT2D eigenvalue weighted by Crippen LogP contribution is 2.33. The van der Waals surface area contributed by atoms with E-state index in [2.05, 4.69) is 14.7 Å². The summed E-state index contributed by atoms with van der Waals surface area (Å²) in [7, 11) is 0. The summed E-state index contributed by atoms with van der Waals surface area (Å²) < 4.78 is 48.6. The molecule has 4 aromatic rings. The molecular formula is C23H20F3N5OS. The van der Waals surface area contributed by atoms with Crippen LogP contribution in [-0.4, -0.2) is 14.5 Å². The van der Waals surface area contributed by atoms with Crippen molar-refractivity contribution in [1.82, 2.24) is 14.5 Å². The zero-order chi connectivity index (χ0) is 23.7. The van der Waals surface area contributed by atoms with Crippen LogP contribution in [0.5, 0.6) is 0 Å². The van der Waals surface area contributed by atoms with Crippen LogP contribution in [0.15, 0.2) is 53.5 Å². The molecule has 3 N–H and O–H groups in total. The third-order valence-corrected chi connectivity index (χ3v) is 5.84. The van der Waals surface area contributed by atoms with Crippen LogP contribution in [0.1, 0.15) is 25.5 Å². The van der Waals surface area contributed by atoms with Crippen molar-refractivity contribution in [3.63, 3.8) is 0 Å². The van der Waals surface area contributed by atoms with Crippen molar-refractivity contribution in [1.29, 1.82) is 0 Å². The Morgan fingerprint density at radius 2 is 1.82 bits per heavy atom. The van der Waals surface area contributed by atoms with Gasteiger partial charge in [-0.15, -0.1) is 0 Å². The minimum absolute atomic E-state index is 0.0317. The molecular weight excluding hydrogens is 451 g/mol. The molecule has 170 valence electrons. The Labute approximate surface area is 191 Å². The Bertz CT molecular complexity index is 1390. The average molecular weight is 472 g/mol. The predicted octanol–water partition coefficient (Wildman–Crippen LogP) is 5.30. The van der Waals surface area contributed by atoms with Gasteiger partial charge in [0, 0.05) is 28.9 Å². The van der Waals surface area contributed by atoms with Crippen molar-refractivity contribution in [3.8, 4) is 11.1 Å². The number of nitrogens with zero attached hydrogens (tertiary/aromatic N) is 3. The van der Waals surface area contributed by atoms with Gasteiger partial charge in [-0.3, -0.25) is 9.36 Å². The molecule has 10 heteroatoms. The molecule has 0 radical (unpaired) electrons. The predicted molar refractivity (Wildman–Crippen MR) is 125 cm³/mol. The van der Waals surface area contributed by atoms with Crippen LogP contribution in [-0.2, 0) is 5.75 Å². The summed E-state index contributed by atoms with van der Waals surface area (Å²) in [6.07, 6.45) is 1.38. The summed E-state index contributed by atoms with van der Waals surface area (Å²) >= 11 is 1.02. The van der Waals surface area contributed by atoms with Crippen LogP contribution >= 0.6 is 11.9 Å². The Hall–Kier alpha value is -3.53. The highest BCUT2D eigenvalue weighted by Gasteiger charge is 2.23. The second kappa shape index (κ2) is 9.14. The maximum absolute atomic E-state index is 15.1. The van der Waals surface area contributed by atoms with E-state index in [4.69, 9.17) is 5.73 Å². The number of anilines is 2. The van der Waals surface area contributed by atoms with E-state index in [1.54, 1.807) is 13.8 Å². The molecule has 33 heavy (non-hydrogen) atoms. The number of halogens is 3. The lowest BCUT2D eigenvalue weighted by Crippen LogP contribution is -2.25. The fourth-order valence-electron chi connectivity index (χ4n) is 3.46. The number of nitrogens with two attached hydrogens (primary N) is 1. The third kappa shape index (κ3) is 4.38. The van der Waals surface area contributed by atoms with Gasteiger partial charge < -0.3 is 10.5 Å². The van der Waals surface area contributed by atoms with Gasteiger partial charge in [0.15, 0.2) is 17.5 Å². The third-order valence-electron chi connectivity index (χ3n) is 5.01. The fraction of sp³-hybridized carbons (Fsp3) is 0.174. The number of fused-ring (bicyclic) bond motifs is 1. The molecule has 0 amide bonds. The maximum atomic E-state index is 15.1. The topological polar surface area (TPSA) is 85.8 Å². The largest absolute Gasteiger partial charge is 0.368 e. The molecule has 0 atom stereocenters. The Morgan fingerprint density at radius 3 is 2.52 bits per heavy atom. The van der Waals surface area contributed by atoms with Crippen molar-refractivity contribution in [2.75, 3.05) is 10.5 Å². The molecule has 0 fully saturated rings. The summed E-state index contributed by atoms with van der Waals surface area (Å²) in [4.78, 5) is 21.2. The molecule has 0 saturated carbocycles. The summed E-state index contributed by atoms with van der Waals surface area (Å²) in [6, 6.07) is 11.0. The molecule has 2 heterocycles. The van der Waals surface area contributed by atoms with Gasteiger partial charge in [0.25, 0.3) is 5.56 Å². The molecule has 4 rings (SSSR count). The van der Waals surface area contributed by atoms with Crippen LogP contribution in [0.3, 0.4) is 0 Å². The smallest absolute Gasteiger partial charge is 0.260 e. The first-order valence-electron chi connectivity index (χ1n) is 10.0. The van der Waals surface area contributed by atoms with E-state index in [1.165, 1.54) is 16.8 Å². The van der Waals surface area contributed by atoms with Crippen molar-refractivity contribution >= 4 is 34.6 Å². The Kier molecular flexibility index (Phi) is 6.28. The van der Waals surface area contributed by atoms with Gasteiger partial charge in [0.2, 0.25) is 5.95 Å². The molecule has 0 aliphatic rings. The van der Waals surface area contributed by atoms with Crippen LogP contribution in [0.25, 0.3) is 22.2 Å². The second-order valence-corrected chi connectivity index (χ2v) is 8.40. The minimum atomic E-state index is -1.41. The highest BCUT2D eigenvalue weighted by atomic mass is 32.2. The summed E-state index contributed by atoms with van der Waals surface area (Å²) in [5.74, 6) is -3.38. The summed E-state index contributed by atoms with van der Waals surface area (Å²) in [5.41, 5.74) is 4.88. The van der Waals surface area contributed by atoms with Crippen LogP contribution < -0.4 is 16.0 Å². The van der Waals surface area contributed by atoms with E-state index < -0.39 is 34.3 Å². The van der Waals surface area contributed by atoms with E-state index >= 15 is 4.39 Å². The van der Waals surface area contributed by atoms with Gasteiger partial charge in [-0.2, -0.15) is 4.98 Å². The molecule has 2 aromatic heterocycles. The molecule has 0 aliphatic heterocycles. The highest BCUT2D eigenvalue weighted by molar-refractivity contribution is 7.99. The van der Waals surface area contributed by atoms with E-state index in [0.717, 1.165) is 23.6 Å². The zero-order valence-corrected chi connectivity index (χ0v) is 18.6. The molecule has 0 spiro atoms. The Balaban J connectivity index is 1.76. The number of benzene rings is 2. The lowest BCUT2D eigenvalue weighted by atomic mass is 10.0. The van der Waals surface area contributed by atoms with E-state index in [1.807, 2.05) is 30.3 Å². The van der Waals surface area contributed by atoms with Crippen LogP contribution in [0, 0.1) is 17.5 Å². The van der Waals surface area contributed by atoms with Crippen LogP contribution in [0.2, 0.25) is 0 Å². The lowest BCUT2D eigenvalue weighted by Gasteiger charge is -2.16. The maximum Gasteiger partial charge on any atom is 0.260 e. The van der Waals surface area contributed by atoms with Crippen LogP contribution in [0.4, 0.5) is 24.8 Å². The monoisotopic (exact) mass is 471 g/mol. The van der Waals surface area contributed by atoms with Crippen molar-refractivity contribution in [2.45, 2.75) is 25.6 Å². The average Bonchev–Trinajstić information content (AvgIpc) is 2.78. The van der Waals surface area contributed by atoms with Crippen molar-refractivity contribution in [3.05, 3.63) is 82.0 Å². The summed E-state index contributed by atoms with van der Waals surface area (Å²) in [5, 5.41) is 0.383. The number of hydrogen-bond acceptors (Lipinski definition) is 6. The van der Waals surface area contributed by atoms with Gasteiger partial charge in [-0.05, 0) is 43.5 Å². The van der Waals surface area contributed by atoms with E-state index in [0.29, 0.717) is 11.1 Å². The van der Waals surface area contributed by atoms with Gasteiger partial charge >= 0.3 is 0 Å². The first kappa shape index (κ1) is 22.7. The first-order chi connectivity index (χ1) is 15.8. The normalized spacial score (nSPS) is 11.3. The van der Waals surface area contributed by atoms with Gasteiger partial charge in [0.05, 0.1) is 5.56 Å². The zero-order valence-electron chi connectivity index (χ0n) is 17.8. The molecule has 6 nitrogen and oxygen atoms in total.